The lowest BCUT2D eigenvalue weighted by molar-refractivity contribution is -0.124. The fraction of sp³-hybridized carbons (Fsp3) is 0.739. The number of carbonyl (C=O) groups excluding carboxylic acids is 1. The van der Waals surface area contributed by atoms with Crippen LogP contribution >= 0.6 is 0 Å². The standard InChI is InChI=1S/C23H34F2N4O3S/c1-5-28(15(2)3)20-19(9-8-16(4)26-20)33(31,32)29-12-6-7-18(29)21(30)27-17-10-11-22(13-17)14-23(22,24)25/h8-9,15,17-18H,5-7,10-14H2,1-4H3,(H,27,30)/t17?,18-,22?/m0/s1. The second-order valence-corrected chi connectivity index (χ2v) is 11.9. The van der Waals surface area contributed by atoms with Crippen LogP contribution in [0.15, 0.2) is 17.0 Å². The van der Waals surface area contributed by atoms with Crippen molar-refractivity contribution in [2.45, 2.75) is 95.2 Å². The van der Waals surface area contributed by atoms with Crippen molar-refractivity contribution in [1.82, 2.24) is 14.6 Å². The Morgan fingerprint density at radius 2 is 2.03 bits per heavy atom. The highest BCUT2D eigenvalue weighted by Gasteiger charge is 2.72. The van der Waals surface area contributed by atoms with E-state index < -0.39 is 27.4 Å². The Hall–Kier alpha value is -1.81. The topological polar surface area (TPSA) is 82.6 Å². The van der Waals surface area contributed by atoms with Crippen LogP contribution in [0, 0.1) is 12.3 Å². The third-order valence-electron chi connectivity index (χ3n) is 7.47. The van der Waals surface area contributed by atoms with Gasteiger partial charge in [-0.15, -0.1) is 0 Å². The molecule has 2 unspecified atom stereocenters. The van der Waals surface area contributed by atoms with Crippen molar-refractivity contribution in [3.63, 3.8) is 0 Å². The van der Waals surface area contributed by atoms with Gasteiger partial charge in [0.25, 0.3) is 5.92 Å². The molecule has 3 atom stereocenters. The average molecular weight is 485 g/mol. The number of anilines is 1. The molecule has 0 aromatic carbocycles. The molecule has 1 aromatic rings. The van der Waals surface area contributed by atoms with E-state index in [9.17, 15) is 22.0 Å². The Morgan fingerprint density at radius 1 is 1.33 bits per heavy atom. The zero-order valence-electron chi connectivity index (χ0n) is 19.8. The maximum Gasteiger partial charge on any atom is 0.254 e. The van der Waals surface area contributed by atoms with Gasteiger partial charge in [-0.25, -0.2) is 22.2 Å². The van der Waals surface area contributed by atoms with E-state index in [4.69, 9.17) is 0 Å². The lowest BCUT2D eigenvalue weighted by Gasteiger charge is -2.31. The lowest BCUT2D eigenvalue weighted by Crippen LogP contribution is -2.48. The van der Waals surface area contributed by atoms with Gasteiger partial charge in [-0.1, -0.05) is 0 Å². The monoisotopic (exact) mass is 484 g/mol. The SMILES string of the molecule is CCN(c1nc(C)ccc1S(=O)(=O)N1CCC[C@H]1C(=O)NC1CCC2(C1)CC2(F)F)C(C)C. The molecule has 2 saturated carbocycles. The first-order chi connectivity index (χ1) is 15.4. The molecule has 0 radical (unpaired) electrons. The van der Waals surface area contributed by atoms with Gasteiger partial charge in [0.15, 0.2) is 0 Å². The van der Waals surface area contributed by atoms with E-state index in [1.54, 1.807) is 12.1 Å². The normalized spacial score (nSPS) is 29.1. The van der Waals surface area contributed by atoms with Crippen LogP contribution < -0.4 is 10.2 Å². The maximum atomic E-state index is 13.7. The summed E-state index contributed by atoms with van der Waals surface area (Å²) in [6.45, 7) is 8.56. The van der Waals surface area contributed by atoms with E-state index in [-0.39, 0.29) is 42.3 Å². The highest BCUT2D eigenvalue weighted by atomic mass is 32.2. The molecule has 2 aliphatic carbocycles. The van der Waals surface area contributed by atoms with Gasteiger partial charge in [-0.05, 0) is 71.9 Å². The first kappa shape index (κ1) is 24.3. The van der Waals surface area contributed by atoms with Crippen LogP contribution in [-0.4, -0.2) is 60.8 Å². The summed E-state index contributed by atoms with van der Waals surface area (Å²) in [5.41, 5.74) is -0.249. The van der Waals surface area contributed by atoms with E-state index in [0.29, 0.717) is 43.7 Å². The number of nitrogens with one attached hydrogen (secondary N) is 1. The Labute approximate surface area is 195 Å². The smallest absolute Gasteiger partial charge is 0.254 e. The van der Waals surface area contributed by atoms with Gasteiger partial charge >= 0.3 is 0 Å². The number of nitrogens with zero attached hydrogens (tertiary/aromatic N) is 3. The van der Waals surface area contributed by atoms with Crippen LogP contribution in [0.4, 0.5) is 14.6 Å². The first-order valence-electron chi connectivity index (χ1n) is 11.9. The van der Waals surface area contributed by atoms with Gasteiger partial charge in [0, 0.05) is 42.7 Å². The molecule has 4 rings (SSSR count). The number of sulfonamides is 1. The molecule has 10 heteroatoms. The first-order valence-corrected chi connectivity index (χ1v) is 13.3. The fourth-order valence-electron chi connectivity index (χ4n) is 5.53. The molecule has 1 aliphatic heterocycles. The largest absolute Gasteiger partial charge is 0.353 e. The summed E-state index contributed by atoms with van der Waals surface area (Å²) in [5, 5.41) is 2.88. The predicted molar refractivity (Wildman–Crippen MR) is 122 cm³/mol. The highest BCUT2D eigenvalue weighted by molar-refractivity contribution is 7.89. The van der Waals surface area contributed by atoms with Crippen molar-refractivity contribution in [1.29, 1.82) is 0 Å². The van der Waals surface area contributed by atoms with Crippen LogP contribution in [0.5, 0.6) is 0 Å². The van der Waals surface area contributed by atoms with Gasteiger partial charge in [0.1, 0.15) is 16.8 Å². The highest BCUT2D eigenvalue weighted by Crippen LogP contribution is 2.68. The molecule has 1 aromatic heterocycles. The molecular formula is C23H34F2N4O3S. The molecule has 1 saturated heterocycles. The van der Waals surface area contributed by atoms with Crippen molar-refractivity contribution in [3.8, 4) is 0 Å². The summed E-state index contributed by atoms with van der Waals surface area (Å²) in [7, 11) is -3.98. The van der Waals surface area contributed by atoms with Crippen molar-refractivity contribution >= 4 is 21.7 Å². The van der Waals surface area contributed by atoms with E-state index in [1.165, 1.54) is 4.31 Å². The van der Waals surface area contributed by atoms with Crippen LogP contribution in [0.1, 0.15) is 65.0 Å². The summed E-state index contributed by atoms with van der Waals surface area (Å²) in [6, 6.07) is 2.12. The van der Waals surface area contributed by atoms with E-state index >= 15 is 0 Å². The van der Waals surface area contributed by atoms with Gasteiger partial charge in [0.2, 0.25) is 15.9 Å². The molecule has 2 heterocycles. The minimum Gasteiger partial charge on any atom is -0.353 e. The van der Waals surface area contributed by atoms with Gasteiger partial charge in [0.05, 0.1) is 0 Å². The molecule has 3 fully saturated rings. The number of amides is 1. The third kappa shape index (κ3) is 4.24. The molecule has 3 aliphatic rings. The van der Waals surface area contributed by atoms with Gasteiger partial charge < -0.3 is 10.2 Å². The second kappa shape index (κ2) is 8.45. The minimum atomic E-state index is -3.98. The van der Waals surface area contributed by atoms with Crippen LogP contribution in [-0.2, 0) is 14.8 Å². The molecular weight excluding hydrogens is 450 g/mol. The maximum absolute atomic E-state index is 13.7. The summed E-state index contributed by atoms with van der Waals surface area (Å²) < 4.78 is 56.2. The molecule has 1 amide bonds. The molecule has 1 spiro atoms. The molecule has 1 N–H and O–H groups in total. The Bertz CT molecular complexity index is 1030. The fourth-order valence-corrected chi connectivity index (χ4v) is 7.33. The Balaban J connectivity index is 1.55. The predicted octanol–water partition coefficient (Wildman–Crippen LogP) is 3.47. The van der Waals surface area contributed by atoms with Crippen molar-refractivity contribution < 1.29 is 22.0 Å². The number of carbonyl (C=O) groups is 1. The number of halogens is 2. The zero-order chi connectivity index (χ0) is 24.2. The Morgan fingerprint density at radius 3 is 2.61 bits per heavy atom. The second-order valence-electron chi connectivity index (χ2n) is 10.0. The van der Waals surface area contributed by atoms with Crippen molar-refractivity contribution in [3.05, 3.63) is 17.8 Å². The summed E-state index contributed by atoms with van der Waals surface area (Å²) in [4.78, 5) is 19.7. The summed E-state index contributed by atoms with van der Waals surface area (Å²) in [5.74, 6) is -2.63. The van der Waals surface area contributed by atoms with Gasteiger partial charge in [-0.3, -0.25) is 4.79 Å². The summed E-state index contributed by atoms with van der Waals surface area (Å²) >= 11 is 0. The Kier molecular flexibility index (Phi) is 6.22. The van der Waals surface area contributed by atoms with E-state index in [2.05, 4.69) is 10.3 Å². The number of pyridine rings is 1. The van der Waals surface area contributed by atoms with Crippen LogP contribution in [0.25, 0.3) is 0 Å². The van der Waals surface area contributed by atoms with Crippen LogP contribution in [0.2, 0.25) is 0 Å². The number of rotatable bonds is 7. The molecule has 0 bridgehead atoms. The van der Waals surface area contributed by atoms with E-state index in [1.807, 2.05) is 32.6 Å². The van der Waals surface area contributed by atoms with Gasteiger partial charge in [-0.2, -0.15) is 4.31 Å². The number of aryl methyl sites for hydroxylation is 1. The number of alkyl halides is 2. The average Bonchev–Trinajstić information content (AvgIpc) is 3.13. The van der Waals surface area contributed by atoms with Crippen LogP contribution in [0.3, 0.4) is 0 Å². The number of aromatic nitrogens is 1. The van der Waals surface area contributed by atoms with Crippen molar-refractivity contribution in [2.75, 3.05) is 18.0 Å². The number of hydrogen-bond acceptors (Lipinski definition) is 5. The summed E-state index contributed by atoms with van der Waals surface area (Å²) in [6.07, 6.45) is 2.04. The van der Waals surface area contributed by atoms with Crippen molar-refractivity contribution in [2.24, 2.45) is 5.41 Å². The molecule has 7 nitrogen and oxygen atoms in total. The minimum absolute atomic E-state index is 0.0474. The quantitative estimate of drug-likeness (QED) is 0.641. The number of hydrogen-bond donors (Lipinski definition) is 1. The zero-order valence-corrected chi connectivity index (χ0v) is 20.6. The lowest BCUT2D eigenvalue weighted by atomic mass is 10.0. The molecule has 33 heavy (non-hydrogen) atoms. The van der Waals surface area contributed by atoms with E-state index in [0.717, 1.165) is 0 Å². The third-order valence-corrected chi connectivity index (χ3v) is 9.40. The molecule has 184 valence electrons.